The lowest BCUT2D eigenvalue weighted by molar-refractivity contribution is 0.0697. The number of aromatic nitrogens is 2. The van der Waals surface area contributed by atoms with Crippen molar-refractivity contribution in [1.82, 2.24) is 9.55 Å². The highest BCUT2D eigenvalue weighted by atomic mass is 32.2. The average molecular weight is 294 g/mol. The minimum atomic E-state index is -1.08. The fraction of sp³-hybridized carbons (Fsp3) is 0.308. The van der Waals surface area contributed by atoms with E-state index < -0.39 is 17.1 Å². The Hall–Kier alpha value is -2.02. The number of hydrogen-bond donors (Lipinski definition) is 2. The van der Waals surface area contributed by atoms with Gasteiger partial charge in [-0.25, -0.2) is 4.79 Å². The molecular weight excluding hydrogens is 280 g/mol. The molecule has 0 aliphatic heterocycles. The topological polar surface area (TPSA) is 92.2 Å². The molecule has 0 atom stereocenters. The molecule has 6 nitrogen and oxygen atoms in total. The average Bonchev–Trinajstić information content (AvgIpc) is 2.42. The van der Waals surface area contributed by atoms with Crippen LogP contribution in [-0.2, 0) is 6.54 Å². The van der Waals surface area contributed by atoms with Gasteiger partial charge in [0, 0.05) is 6.54 Å². The van der Waals surface area contributed by atoms with Gasteiger partial charge in [0.2, 0.25) is 0 Å². The maximum Gasteiger partial charge on any atom is 0.335 e. The molecule has 2 aromatic rings. The highest BCUT2D eigenvalue weighted by molar-refractivity contribution is 7.98. The summed E-state index contributed by atoms with van der Waals surface area (Å²) in [6, 6.07) is 4.34. The van der Waals surface area contributed by atoms with E-state index in [0.717, 1.165) is 12.2 Å². The number of H-pyrrole nitrogens is 1. The molecule has 7 heteroatoms. The van der Waals surface area contributed by atoms with Gasteiger partial charge in [-0.3, -0.25) is 9.59 Å². The molecule has 1 aromatic carbocycles. The van der Waals surface area contributed by atoms with E-state index >= 15 is 0 Å². The van der Waals surface area contributed by atoms with E-state index in [1.165, 1.54) is 16.7 Å². The number of aromatic carboxylic acids is 1. The van der Waals surface area contributed by atoms with E-state index in [1.807, 2.05) is 6.26 Å². The van der Waals surface area contributed by atoms with Gasteiger partial charge in [0.25, 0.3) is 0 Å². The third-order valence-electron chi connectivity index (χ3n) is 2.95. The molecule has 0 aliphatic carbocycles. The second-order valence-corrected chi connectivity index (χ2v) is 5.28. The lowest BCUT2D eigenvalue weighted by Gasteiger charge is -2.09. The fourth-order valence-electron chi connectivity index (χ4n) is 2.00. The number of carboxylic acid groups (broad SMARTS) is 1. The number of carbonyl (C=O) groups is 1. The molecular formula is C13H14N2O4S. The molecule has 0 unspecified atom stereocenters. The number of aromatic amines is 1. The molecule has 0 spiro atoms. The van der Waals surface area contributed by atoms with Crippen molar-refractivity contribution in [2.24, 2.45) is 0 Å². The largest absolute Gasteiger partial charge is 0.478 e. The first kappa shape index (κ1) is 14.4. The van der Waals surface area contributed by atoms with Gasteiger partial charge in [0.15, 0.2) is 0 Å². The zero-order valence-corrected chi connectivity index (χ0v) is 11.7. The number of aryl methyl sites for hydroxylation is 1. The number of fused-ring (bicyclic) bond motifs is 1. The first-order chi connectivity index (χ1) is 9.54. The van der Waals surface area contributed by atoms with Crippen LogP contribution >= 0.6 is 11.8 Å². The van der Waals surface area contributed by atoms with Crippen molar-refractivity contribution in [2.75, 3.05) is 12.0 Å². The molecule has 2 rings (SSSR count). The molecule has 2 N–H and O–H groups in total. The Morgan fingerprint density at radius 2 is 2.15 bits per heavy atom. The number of hydrogen-bond acceptors (Lipinski definition) is 4. The van der Waals surface area contributed by atoms with Crippen LogP contribution in [0.3, 0.4) is 0 Å². The standard InChI is InChI=1S/C13H14N2O4S/c1-20-6-2-5-15-10-4-3-8(13(18)19)7-9(10)14-11(16)12(15)17/h3-4,7H,2,5-6H2,1H3,(H,14,16)(H,18,19). The Morgan fingerprint density at radius 1 is 1.40 bits per heavy atom. The normalized spacial score (nSPS) is 10.8. The predicted molar refractivity (Wildman–Crippen MR) is 78.8 cm³/mol. The molecule has 0 radical (unpaired) electrons. The van der Waals surface area contributed by atoms with Gasteiger partial charge in [0.05, 0.1) is 16.6 Å². The molecule has 1 aromatic heterocycles. The Morgan fingerprint density at radius 3 is 2.80 bits per heavy atom. The van der Waals surface area contributed by atoms with Gasteiger partial charge in [-0.2, -0.15) is 11.8 Å². The van der Waals surface area contributed by atoms with Crippen molar-refractivity contribution in [3.8, 4) is 0 Å². The van der Waals surface area contributed by atoms with Crippen LogP contribution < -0.4 is 11.1 Å². The highest BCUT2D eigenvalue weighted by Crippen LogP contribution is 2.12. The first-order valence-corrected chi connectivity index (χ1v) is 7.43. The number of thioether (sulfide) groups is 1. The third-order valence-corrected chi connectivity index (χ3v) is 3.65. The van der Waals surface area contributed by atoms with E-state index in [-0.39, 0.29) is 5.56 Å². The molecule has 1 heterocycles. The smallest absolute Gasteiger partial charge is 0.335 e. The number of nitrogens with one attached hydrogen (secondary N) is 1. The lowest BCUT2D eigenvalue weighted by Crippen LogP contribution is -2.36. The van der Waals surface area contributed by atoms with Crippen LogP contribution in [0, 0.1) is 0 Å². The molecule has 0 bridgehead atoms. The summed E-state index contributed by atoms with van der Waals surface area (Å²) in [5.74, 6) is -0.193. The van der Waals surface area contributed by atoms with Crippen molar-refractivity contribution in [1.29, 1.82) is 0 Å². The van der Waals surface area contributed by atoms with Crippen LogP contribution in [0.15, 0.2) is 27.8 Å². The summed E-state index contributed by atoms with van der Waals surface area (Å²) in [4.78, 5) is 36.9. The van der Waals surface area contributed by atoms with Crippen molar-refractivity contribution in [3.63, 3.8) is 0 Å². The Kier molecular flexibility index (Phi) is 4.29. The highest BCUT2D eigenvalue weighted by Gasteiger charge is 2.10. The summed E-state index contributed by atoms with van der Waals surface area (Å²) in [5, 5.41) is 8.95. The zero-order chi connectivity index (χ0) is 14.7. The van der Waals surface area contributed by atoms with Crippen LogP contribution in [0.4, 0.5) is 0 Å². The van der Waals surface area contributed by atoms with Gasteiger partial charge in [-0.15, -0.1) is 0 Å². The van der Waals surface area contributed by atoms with E-state index in [9.17, 15) is 14.4 Å². The second kappa shape index (κ2) is 5.96. The van der Waals surface area contributed by atoms with E-state index in [2.05, 4.69) is 4.98 Å². The SMILES string of the molecule is CSCCCn1c(=O)c(=O)[nH]c2cc(C(=O)O)ccc21. The van der Waals surface area contributed by atoms with Gasteiger partial charge in [0.1, 0.15) is 0 Å². The molecule has 0 saturated carbocycles. The number of nitrogens with zero attached hydrogens (tertiary/aromatic N) is 1. The molecule has 0 fully saturated rings. The molecule has 0 aliphatic rings. The summed E-state index contributed by atoms with van der Waals surface area (Å²) in [6.45, 7) is 0.437. The van der Waals surface area contributed by atoms with Crippen LogP contribution in [0.5, 0.6) is 0 Å². The number of benzene rings is 1. The third kappa shape index (κ3) is 2.77. The monoisotopic (exact) mass is 294 g/mol. The van der Waals surface area contributed by atoms with Gasteiger partial charge in [-0.05, 0) is 36.6 Å². The van der Waals surface area contributed by atoms with E-state index in [4.69, 9.17) is 5.11 Å². The first-order valence-electron chi connectivity index (χ1n) is 6.03. The summed E-state index contributed by atoms with van der Waals surface area (Å²) in [7, 11) is 0. The van der Waals surface area contributed by atoms with Crippen molar-refractivity contribution >= 4 is 28.8 Å². The van der Waals surface area contributed by atoms with Crippen molar-refractivity contribution in [3.05, 3.63) is 44.5 Å². The summed E-state index contributed by atoms with van der Waals surface area (Å²) in [5.41, 5.74) is -0.368. The Labute approximate surface area is 118 Å². The second-order valence-electron chi connectivity index (χ2n) is 4.29. The molecule has 0 saturated heterocycles. The number of rotatable bonds is 5. The van der Waals surface area contributed by atoms with Gasteiger partial charge < -0.3 is 14.7 Å². The summed E-state index contributed by atoms with van der Waals surface area (Å²) >= 11 is 1.66. The summed E-state index contributed by atoms with van der Waals surface area (Å²) < 4.78 is 1.40. The van der Waals surface area contributed by atoms with E-state index in [1.54, 1.807) is 17.8 Å². The molecule has 106 valence electrons. The minimum Gasteiger partial charge on any atom is -0.478 e. The maximum atomic E-state index is 11.9. The van der Waals surface area contributed by atoms with E-state index in [0.29, 0.717) is 17.6 Å². The van der Waals surface area contributed by atoms with Crippen molar-refractivity contribution < 1.29 is 9.90 Å². The van der Waals surface area contributed by atoms with Gasteiger partial charge >= 0.3 is 17.1 Å². The van der Waals surface area contributed by atoms with Crippen LogP contribution in [0.2, 0.25) is 0 Å². The van der Waals surface area contributed by atoms with Crippen LogP contribution in [0.1, 0.15) is 16.8 Å². The van der Waals surface area contributed by atoms with Gasteiger partial charge in [-0.1, -0.05) is 0 Å². The Bertz CT molecular complexity index is 763. The minimum absolute atomic E-state index is 0.0717. The molecule has 0 amide bonds. The van der Waals surface area contributed by atoms with Crippen LogP contribution in [-0.4, -0.2) is 32.6 Å². The van der Waals surface area contributed by atoms with Crippen LogP contribution in [0.25, 0.3) is 11.0 Å². The number of carboxylic acids is 1. The quantitative estimate of drug-likeness (QED) is 0.637. The fourth-order valence-corrected chi connectivity index (χ4v) is 2.42. The molecule has 20 heavy (non-hydrogen) atoms. The lowest BCUT2D eigenvalue weighted by atomic mass is 10.2. The Balaban J connectivity index is 2.59. The summed E-state index contributed by atoms with van der Waals surface area (Å²) in [6.07, 6.45) is 2.73. The van der Waals surface area contributed by atoms with Crippen molar-refractivity contribution in [2.45, 2.75) is 13.0 Å². The predicted octanol–water partition coefficient (Wildman–Crippen LogP) is 1.14. The maximum absolute atomic E-state index is 11.9. The zero-order valence-electron chi connectivity index (χ0n) is 10.9.